The summed E-state index contributed by atoms with van der Waals surface area (Å²) in [7, 11) is 0. The van der Waals surface area contributed by atoms with E-state index in [2.05, 4.69) is 22.2 Å². The number of thioether (sulfide) groups is 1. The van der Waals surface area contributed by atoms with Crippen LogP contribution in [0.1, 0.15) is 13.3 Å². The van der Waals surface area contributed by atoms with Crippen LogP contribution in [0.3, 0.4) is 0 Å². The smallest absolute Gasteiger partial charge is 0.144 e. The average Bonchev–Trinajstić information content (AvgIpc) is 2.56. The summed E-state index contributed by atoms with van der Waals surface area (Å²) in [4.78, 5) is 8.15. The van der Waals surface area contributed by atoms with E-state index in [0.29, 0.717) is 11.9 Å². The number of hydrogen-bond donors (Lipinski definition) is 2. The quantitative estimate of drug-likeness (QED) is 0.771. The molecule has 0 spiro atoms. The lowest BCUT2D eigenvalue weighted by Gasteiger charge is -2.11. The van der Waals surface area contributed by atoms with Gasteiger partial charge in [-0.1, -0.05) is 6.92 Å². The number of anilines is 2. The van der Waals surface area contributed by atoms with E-state index >= 15 is 0 Å². The summed E-state index contributed by atoms with van der Waals surface area (Å²) in [6.07, 6.45) is 4.45. The lowest BCUT2D eigenvalue weighted by molar-refractivity contribution is 0.742. The van der Waals surface area contributed by atoms with Crippen LogP contribution < -0.4 is 11.1 Å². The highest BCUT2D eigenvalue weighted by molar-refractivity contribution is 8.00. The van der Waals surface area contributed by atoms with E-state index in [1.54, 1.807) is 12.4 Å². The summed E-state index contributed by atoms with van der Waals surface area (Å²) in [5.74, 6) is 2.43. The molecule has 1 saturated heterocycles. The Morgan fingerprint density at radius 3 is 2.93 bits per heavy atom. The van der Waals surface area contributed by atoms with E-state index in [1.807, 2.05) is 11.8 Å². The Balaban J connectivity index is 1.94. The first-order chi connectivity index (χ1) is 6.74. The molecule has 76 valence electrons. The fourth-order valence-electron chi connectivity index (χ4n) is 1.54. The van der Waals surface area contributed by atoms with Gasteiger partial charge in [-0.2, -0.15) is 11.8 Å². The van der Waals surface area contributed by atoms with Crippen molar-refractivity contribution in [3.05, 3.63) is 12.4 Å². The first-order valence-corrected chi connectivity index (χ1v) is 5.74. The van der Waals surface area contributed by atoms with Crippen LogP contribution in [-0.2, 0) is 0 Å². The van der Waals surface area contributed by atoms with Gasteiger partial charge in [-0.05, 0) is 6.42 Å². The van der Waals surface area contributed by atoms with Crippen molar-refractivity contribution in [2.75, 3.05) is 16.8 Å². The predicted molar refractivity (Wildman–Crippen MR) is 60.4 cm³/mol. The minimum absolute atomic E-state index is 0.463. The van der Waals surface area contributed by atoms with Gasteiger partial charge < -0.3 is 11.1 Å². The molecule has 4 nitrogen and oxygen atoms in total. The number of rotatable bonds is 2. The third kappa shape index (κ3) is 2.29. The summed E-state index contributed by atoms with van der Waals surface area (Å²) in [5, 5.41) is 4.09. The van der Waals surface area contributed by atoms with Gasteiger partial charge in [0.1, 0.15) is 11.6 Å². The molecule has 2 atom stereocenters. The van der Waals surface area contributed by atoms with Gasteiger partial charge in [-0.15, -0.1) is 0 Å². The van der Waals surface area contributed by atoms with Crippen LogP contribution in [0.15, 0.2) is 12.4 Å². The lowest BCUT2D eigenvalue weighted by Crippen LogP contribution is -2.19. The fraction of sp³-hybridized carbons (Fsp3) is 0.556. The molecule has 1 aliphatic heterocycles. The number of aromatic nitrogens is 2. The summed E-state index contributed by atoms with van der Waals surface area (Å²) >= 11 is 1.99. The second-order valence-electron chi connectivity index (χ2n) is 3.55. The van der Waals surface area contributed by atoms with Crippen molar-refractivity contribution in [2.45, 2.75) is 24.6 Å². The Bertz CT molecular complexity index is 300. The Hall–Kier alpha value is -0.970. The zero-order chi connectivity index (χ0) is 9.97. The zero-order valence-electron chi connectivity index (χ0n) is 8.10. The summed E-state index contributed by atoms with van der Waals surface area (Å²) in [5.41, 5.74) is 5.45. The van der Waals surface area contributed by atoms with Crippen LogP contribution in [0.5, 0.6) is 0 Å². The number of nitrogens with zero attached hydrogens (tertiary/aromatic N) is 2. The SMILES string of the molecule is CC1CC(Nc2cnc(N)cn2)CS1. The minimum Gasteiger partial charge on any atom is -0.382 e. The molecule has 0 amide bonds. The first-order valence-electron chi connectivity index (χ1n) is 4.69. The molecule has 0 aromatic carbocycles. The van der Waals surface area contributed by atoms with Gasteiger partial charge in [0.15, 0.2) is 0 Å². The largest absolute Gasteiger partial charge is 0.382 e. The molecular weight excluding hydrogens is 196 g/mol. The maximum absolute atomic E-state index is 5.45. The maximum Gasteiger partial charge on any atom is 0.144 e. The number of nitrogens with two attached hydrogens (primary N) is 1. The molecule has 2 rings (SSSR count). The van der Waals surface area contributed by atoms with Crippen LogP contribution in [0.2, 0.25) is 0 Å². The monoisotopic (exact) mass is 210 g/mol. The van der Waals surface area contributed by atoms with Crippen molar-refractivity contribution < 1.29 is 0 Å². The predicted octanol–water partition coefficient (Wildman–Crippen LogP) is 1.36. The highest BCUT2D eigenvalue weighted by atomic mass is 32.2. The van der Waals surface area contributed by atoms with E-state index in [4.69, 9.17) is 5.73 Å². The Morgan fingerprint density at radius 2 is 2.36 bits per heavy atom. The normalized spacial score (nSPS) is 26.4. The molecule has 1 fully saturated rings. The van der Waals surface area contributed by atoms with Crippen molar-refractivity contribution in [1.82, 2.24) is 9.97 Å². The molecule has 5 heteroatoms. The second kappa shape index (κ2) is 4.04. The molecule has 0 radical (unpaired) electrons. The van der Waals surface area contributed by atoms with Crippen molar-refractivity contribution in [3.8, 4) is 0 Å². The average molecular weight is 210 g/mol. The lowest BCUT2D eigenvalue weighted by atomic mass is 10.2. The summed E-state index contributed by atoms with van der Waals surface area (Å²) in [6, 6.07) is 0.521. The standard InChI is InChI=1S/C9H14N4S/c1-6-2-7(5-14-6)13-9-4-11-8(10)3-12-9/h3-4,6-7H,2,5H2,1H3,(H2,10,11)(H,12,13). The van der Waals surface area contributed by atoms with Crippen LogP contribution in [-0.4, -0.2) is 27.0 Å². The molecule has 0 aliphatic carbocycles. The van der Waals surface area contributed by atoms with Crippen molar-refractivity contribution >= 4 is 23.4 Å². The summed E-state index contributed by atoms with van der Waals surface area (Å²) in [6.45, 7) is 2.25. The molecule has 1 aromatic heterocycles. The topological polar surface area (TPSA) is 63.8 Å². The molecule has 0 saturated carbocycles. The number of hydrogen-bond acceptors (Lipinski definition) is 5. The van der Waals surface area contributed by atoms with Gasteiger partial charge in [-0.25, -0.2) is 9.97 Å². The molecule has 0 bridgehead atoms. The molecule has 2 heterocycles. The van der Waals surface area contributed by atoms with Gasteiger partial charge in [-0.3, -0.25) is 0 Å². The molecule has 3 N–H and O–H groups in total. The molecule has 1 aliphatic rings. The highest BCUT2D eigenvalue weighted by Crippen LogP contribution is 2.27. The fourth-order valence-corrected chi connectivity index (χ4v) is 2.69. The Labute approximate surface area is 87.7 Å². The van der Waals surface area contributed by atoms with Gasteiger partial charge in [0.25, 0.3) is 0 Å². The highest BCUT2D eigenvalue weighted by Gasteiger charge is 2.21. The van der Waals surface area contributed by atoms with E-state index < -0.39 is 0 Å². The molecule has 1 aromatic rings. The second-order valence-corrected chi connectivity index (χ2v) is 5.02. The van der Waals surface area contributed by atoms with Crippen molar-refractivity contribution in [1.29, 1.82) is 0 Å². The van der Waals surface area contributed by atoms with E-state index in [1.165, 1.54) is 6.42 Å². The first kappa shape index (κ1) is 9.58. The van der Waals surface area contributed by atoms with Gasteiger partial charge in [0, 0.05) is 17.0 Å². The van der Waals surface area contributed by atoms with Crippen LogP contribution >= 0.6 is 11.8 Å². The van der Waals surface area contributed by atoms with Crippen LogP contribution in [0, 0.1) is 0 Å². The number of nitrogen functional groups attached to an aromatic ring is 1. The van der Waals surface area contributed by atoms with Crippen molar-refractivity contribution in [2.24, 2.45) is 0 Å². The maximum atomic E-state index is 5.45. The Kier molecular flexibility index (Phi) is 2.77. The van der Waals surface area contributed by atoms with Crippen molar-refractivity contribution in [3.63, 3.8) is 0 Å². The molecule has 2 unspecified atom stereocenters. The van der Waals surface area contributed by atoms with E-state index in [9.17, 15) is 0 Å². The Morgan fingerprint density at radius 1 is 1.50 bits per heavy atom. The molecule has 14 heavy (non-hydrogen) atoms. The van der Waals surface area contributed by atoms with E-state index in [0.717, 1.165) is 16.8 Å². The zero-order valence-corrected chi connectivity index (χ0v) is 8.92. The minimum atomic E-state index is 0.463. The van der Waals surface area contributed by atoms with Crippen LogP contribution in [0.25, 0.3) is 0 Å². The number of nitrogens with one attached hydrogen (secondary N) is 1. The van der Waals surface area contributed by atoms with E-state index in [-0.39, 0.29) is 0 Å². The summed E-state index contributed by atoms with van der Waals surface area (Å²) < 4.78 is 0. The van der Waals surface area contributed by atoms with Gasteiger partial charge >= 0.3 is 0 Å². The third-order valence-electron chi connectivity index (χ3n) is 2.22. The van der Waals surface area contributed by atoms with Gasteiger partial charge in [0.05, 0.1) is 12.4 Å². The van der Waals surface area contributed by atoms with Gasteiger partial charge in [0.2, 0.25) is 0 Å². The third-order valence-corrected chi connectivity index (χ3v) is 3.58. The van der Waals surface area contributed by atoms with Crippen LogP contribution in [0.4, 0.5) is 11.6 Å². The molecular formula is C9H14N4S.